The van der Waals surface area contributed by atoms with Gasteiger partial charge < -0.3 is 11.1 Å². The van der Waals surface area contributed by atoms with Gasteiger partial charge in [-0.3, -0.25) is 9.88 Å². The number of nitrogens with two attached hydrogens (primary N) is 1. The molecule has 0 aromatic carbocycles. The van der Waals surface area contributed by atoms with Gasteiger partial charge >= 0.3 is 6.03 Å². The molecule has 2 atom stereocenters. The van der Waals surface area contributed by atoms with E-state index in [1.165, 1.54) is 23.0 Å². The van der Waals surface area contributed by atoms with Crippen molar-refractivity contribution < 1.29 is 9.18 Å². The Kier molecular flexibility index (Phi) is 6.29. The molecular weight excluding hydrogens is 387 g/mol. The molecule has 1 saturated heterocycles. The maximum absolute atomic E-state index is 13.4. The topological polar surface area (TPSA) is 71.2 Å². The number of halogens is 1. The molecule has 2 amide bonds. The summed E-state index contributed by atoms with van der Waals surface area (Å²) in [6.45, 7) is 10.2. The molecule has 5 nitrogen and oxygen atoms in total. The normalized spacial score (nSPS) is 21.3. The molecule has 1 unspecified atom stereocenters. The number of likely N-dealkylation sites (tertiary alicyclic amines) is 1. The molecule has 1 aliphatic rings. The third-order valence-corrected chi connectivity index (χ3v) is 7.50. The Morgan fingerprint density at radius 2 is 2.17 bits per heavy atom. The minimum atomic E-state index is -0.500. The van der Waals surface area contributed by atoms with Gasteiger partial charge in [0.2, 0.25) is 0 Å². The summed E-state index contributed by atoms with van der Waals surface area (Å²) in [6, 6.07) is 6.99. The largest absolute Gasteiger partial charge is 0.352 e. The Bertz CT molecular complexity index is 851. The summed E-state index contributed by atoms with van der Waals surface area (Å²) in [6.07, 6.45) is 4.56. The summed E-state index contributed by atoms with van der Waals surface area (Å²) < 4.78 is 13.4. The molecule has 3 N–H and O–H groups in total. The van der Waals surface area contributed by atoms with Crippen LogP contribution in [0, 0.1) is 17.5 Å². The van der Waals surface area contributed by atoms with Gasteiger partial charge in [0.25, 0.3) is 0 Å². The standard InChI is InChI=1S/C22H31FN4OS/c1-15-5-6-17(13-25-15)21(3,4)27-12-11-22(14-27,16(2)26-20(24)28)10-9-18-7-8-19(23)29-18/h5-8,13,16H,9-12,14H2,1-4H3,(H3,24,26,28)/t16-,22?/m1/s1. The zero-order valence-corrected chi connectivity index (χ0v) is 18.5. The summed E-state index contributed by atoms with van der Waals surface area (Å²) in [4.78, 5) is 19.5. The fourth-order valence-corrected chi connectivity index (χ4v) is 5.11. The maximum Gasteiger partial charge on any atom is 0.312 e. The summed E-state index contributed by atoms with van der Waals surface area (Å²) in [7, 11) is 0. The predicted molar refractivity (Wildman–Crippen MR) is 115 cm³/mol. The number of carbonyl (C=O) groups is 1. The molecule has 158 valence electrons. The van der Waals surface area contributed by atoms with E-state index in [-0.39, 0.29) is 22.1 Å². The molecule has 7 heteroatoms. The van der Waals surface area contributed by atoms with Gasteiger partial charge in [0.15, 0.2) is 5.13 Å². The fraction of sp³-hybridized carbons (Fsp3) is 0.545. The van der Waals surface area contributed by atoms with Crippen LogP contribution in [0.1, 0.15) is 49.7 Å². The first-order valence-electron chi connectivity index (χ1n) is 10.1. The van der Waals surface area contributed by atoms with Crippen LogP contribution in [0.5, 0.6) is 0 Å². The van der Waals surface area contributed by atoms with Crippen molar-refractivity contribution in [3.8, 4) is 0 Å². The molecule has 2 aromatic heterocycles. The number of rotatable bonds is 7. The first-order valence-corrected chi connectivity index (χ1v) is 10.9. The molecule has 0 radical (unpaired) electrons. The summed E-state index contributed by atoms with van der Waals surface area (Å²) in [5.74, 6) is 0. The lowest BCUT2D eigenvalue weighted by molar-refractivity contribution is 0.113. The Hall–Kier alpha value is -1.99. The molecule has 0 saturated carbocycles. The number of urea groups is 1. The Labute approximate surface area is 176 Å². The predicted octanol–water partition coefficient (Wildman–Crippen LogP) is 4.21. The molecule has 3 heterocycles. The van der Waals surface area contributed by atoms with Crippen LogP contribution in [0.2, 0.25) is 0 Å². The van der Waals surface area contributed by atoms with Crippen LogP contribution in [0.4, 0.5) is 9.18 Å². The van der Waals surface area contributed by atoms with Gasteiger partial charge in [-0.15, -0.1) is 11.3 Å². The molecule has 0 spiro atoms. The van der Waals surface area contributed by atoms with E-state index >= 15 is 0 Å². The molecule has 29 heavy (non-hydrogen) atoms. The lowest BCUT2D eigenvalue weighted by Crippen LogP contribution is -2.50. The molecule has 1 fully saturated rings. The zero-order valence-electron chi connectivity index (χ0n) is 17.7. The van der Waals surface area contributed by atoms with Crippen molar-refractivity contribution in [3.05, 3.63) is 51.7 Å². The van der Waals surface area contributed by atoms with Crippen LogP contribution in [0.3, 0.4) is 0 Å². The maximum atomic E-state index is 13.4. The number of hydrogen-bond donors (Lipinski definition) is 2. The number of hydrogen-bond acceptors (Lipinski definition) is 4. The van der Waals surface area contributed by atoms with Crippen molar-refractivity contribution in [2.75, 3.05) is 13.1 Å². The Morgan fingerprint density at radius 1 is 1.41 bits per heavy atom. The van der Waals surface area contributed by atoms with Crippen molar-refractivity contribution in [1.82, 2.24) is 15.2 Å². The average molecular weight is 419 g/mol. The van der Waals surface area contributed by atoms with Crippen LogP contribution in [0.25, 0.3) is 0 Å². The molecule has 1 aliphatic heterocycles. The highest BCUT2D eigenvalue weighted by Gasteiger charge is 2.46. The van der Waals surface area contributed by atoms with E-state index in [0.717, 1.165) is 42.9 Å². The lowest BCUT2D eigenvalue weighted by atomic mass is 9.75. The van der Waals surface area contributed by atoms with Crippen molar-refractivity contribution >= 4 is 17.4 Å². The van der Waals surface area contributed by atoms with Crippen LogP contribution in [-0.2, 0) is 12.0 Å². The molecular formula is C22H31FN4OS. The molecule has 2 aromatic rings. The van der Waals surface area contributed by atoms with Crippen LogP contribution in [0.15, 0.2) is 30.5 Å². The fourth-order valence-electron chi connectivity index (χ4n) is 4.38. The van der Waals surface area contributed by atoms with Gasteiger partial charge in [0, 0.05) is 40.3 Å². The van der Waals surface area contributed by atoms with E-state index in [1.807, 2.05) is 32.2 Å². The highest BCUT2D eigenvalue weighted by atomic mass is 32.1. The summed E-state index contributed by atoms with van der Waals surface area (Å²) in [5.41, 5.74) is 7.32. The van der Waals surface area contributed by atoms with Gasteiger partial charge in [0.05, 0.1) is 0 Å². The quantitative estimate of drug-likeness (QED) is 0.708. The number of amides is 2. The molecule has 0 bridgehead atoms. The van der Waals surface area contributed by atoms with Crippen LogP contribution < -0.4 is 11.1 Å². The minimum Gasteiger partial charge on any atom is -0.352 e. The number of aryl methyl sites for hydroxylation is 2. The SMILES string of the molecule is Cc1ccc(C(C)(C)N2CCC(CCc3ccc(F)s3)([C@@H](C)NC(N)=O)C2)cn1. The zero-order chi connectivity index (χ0) is 21.2. The van der Waals surface area contributed by atoms with E-state index in [1.54, 1.807) is 0 Å². The molecule has 0 aliphatic carbocycles. The van der Waals surface area contributed by atoms with E-state index in [0.29, 0.717) is 0 Å². The van der Waals surface area contributed by atoms with Gasteiger partial charge in [-0.1, -0.05) is 6.07 Å². The van der Waals surface area contributed by atoms with Crippen molar-refractivity contribution in [1.29, 1.82) is 0 Å². The van der Waals surface area contributed by atoms with Gasteiger partial charge in [-0.05, 0) is 77.3 Å². The Morgan fingerprint density at radius 3 is 2.76 bits per heavy atom. The number of aromatic nitrogens is 1. The van der Waals surface area contributed by atoms with E-state index in [9.17, 15) is 9.18 Å². The van der Waals surface area contributed by atoms with Crippen molar-refractivity contribution in [2.45, 2.75) is 58.5 Å². The van der Waals surface area contributed by atoms with Crippen molar-refractivity contribution in [2.24, 2.45) is 11.1 Å². The summed E-state index contributed by atoms with van der Waals surface area (Å²) in [5, 5.41) is 2.76. The first-order chi connectivity index (χ1) is 13.6. The van der Waals surface area contributed by atoms with Crippen molar-refractivity contribution in [3.63, 3.8) is 0 Å². The van der Waals surface area contributed by atoms with E-state index < -0.39 is 6.03 Å². The van der Waals surface area contributed by atoms with Gasteiger partial charge in [-0.25, -0.2) is 4.79 Å². The second kappa shape index (κ2) is 8.40. The third-order valence-electron chi connectivity index (χ3n) is 6.57. The number of pyridine rings is 1. The lowest BCUT2D eigenvalue weighted by Gasteiger charge is -2.40. The smallest absolute Gasteiger partial charge is 0.312 e. The second-order valence-electron chi connectivity index (χ2n) is 8.72. The van der Waals surface area contributed by atoms with E-state index in [4.69, 9.17) is 5.73 Å². The Balaban J connectivity index is 1.81. The second-order valence-corrected chi connectivity index (χ2v) is 9.84. The van der Waals surface area contributed by atoms with Gasteiger partial charge in [-0.2, -0.15) is 4.39 Å². The number of thiophene rings is 1. The number of nitrogens with one attached hydrogen (secondary N) is 1. The first kappa shape index (κ1) is 21.7. The highest BCUT2D eigenvalue weighted by Crippen LogP contribution is 2.43. The van der Waals surface area contributed by atoms with Crippen LogP contribution >= 0.6 is 11.3 Å². The number of primary amides is 1. The van der Waals surface area contributed by atoms with E-state index in [2.05, 4.69) is 35.1 Å². The number of carbonyl (C=O) groups excluding carboxylic acids is 1. The average Bonchev–Trinajstić information content (AvgIpc) is 3.27. The highest BCUT2D eigenvalue weighted by molar-refractivity contribution is 7.10. The molecule has 3 rings (SSSR count). The summed E-state index contributed by atoms with van der Waals surface area (Å²) >= 11 is 1.20. The van der Waals surface area contributed by atoms with Gasteiger partial charge in [0.1, 0.15) is 0 Å². The third kappa shape index (κ3) is 4.78. The van der Waals surface area contributed by atoms with Crippen LogP contribution in [-0.4, -0.2) is 35.0 Å². The monoisotopic (exact) mass is 418 g/mol. The minimum absolute atomic E-state index is 0.0678. The number of nitrogens with zero attached hydrogens (tertiary/aromatic N) is 2.